The average molecular weight is 523 g/mol. The van der Waals surface area contributed by atoms with Crippen molar-refractivity contribution in [2.45, 2.75) is 148 Å². The van der Waals surface area contributed by atoms with Crippen LogP contribution in [0.15, 0.2) is 0 Å². The van der Waals surface area contributed by atoms with Crippen LogP contribution in [-0.4, -0.2) is 56.3 Å². The molecule has 5 aliphatic rings. The van der Waals surface area contributed by atoms with Crippen molar-refractivity contribution in [3.05, 3.63) is 0 Å². The van der Waals surface area contributed by atoms with Crippen LogP contribution in [0.2, 0.25) is 16.6 Å². The summed E-state index contributed by atoms with van der Waals surface area (Å²) in [6, 6.07) is 0. The van der Waals surface area contributed by atoms with Crippen molar-refractivity contribution in [1.29, 1.82) is 0 Å². The fraction of sp³-hybridized carbons (Fsp3) is 1.00. The molecule has 6 heteroatoms. The molecule has 208 valence electrons. The van der Waals surface area contributed by atoms with Gasteiger partial charge in [-0.15, -0.1) is 0 Å². The van der Waals surface area contributed by atoms with E-state index < -0.39 is 14.1 Å². The van der Waals surface area contributed by atoms with E-state index >= 15 is 0 Å². The van der Waals surface area contributed by atoms with Crippen LogP contribution < -0.4 is 0 Å². The quantitative estimate of drug-likeness (QED) is 0.317. The number of fused-ring (bicyclic) bond motifs is 7. The maximum atomic E-state index is 11.0. The monoisotopic (exact) mass is 522 g/mol. The minimum atomic E-state index is -2.02. The topological polar surface area (TPSA) is 60.5 Å². The molecule has 1 N–H and O–H groups in total. The van der Waals surface area contributed by atoms with Gasteiger partial charge in [0.15, 0.2) is 14.1 Å². The average Bonchev–Trinajstić information content (AvgIpc) is 3.50. The Morgan fingerprint density at radius 3 is 2.08 bits per heavy atom. The van der Waals surface area contributed by atoms with Crippen LogP contribution in [0.5, 0.6) is 0 Å². The number of ether oxygens (including phenoxy) is 3. The molecule has 0 radical (unpaired) electrons. The lowest BCUT2D eigenvalue weighted by molar-refractivity contribution is -0.213. The number of epoxide rings is 1. The van der Waals surface area contributed by atoms with Gasteiger partial charge >= 0.3 is 0 Å². The van der Waals surface area contributed by atoms with Crippen LogP contribution in [0.1, 0.15) is 95.4 Å². The Labute approximate surface area is 221 Å². The molecule has 0 bridgehead atoms. The molecule has 0 spiro atoms. The number of aliphatic hydroxyl groups excluding tert-OH is 1. The summed E-state index contributed by atoms with van der Waals surface area (Å²) in [6.45, 7) is 26.4. The van der Waals surface area contributed by atoms with Crippen molar-refractivity contribution < 1.29 is 23.7 Å². The van der Waals surface area contributed by atoms with Gasteiger partial charge in [-0.05, 0) is 72.9 Å². The van der Waals surface area contributed by atoms with E-state index in [1.54, 1.807) is 0 Å². The lowest BCUT2D eigenvalue weighted by atomic mass is 9.41. The fourth-order valence-corrected chi connectivity index (χ4v) is 16.2. The van der Waals surface area contributed by atoms with Gasteiger partial charge in [0.25, 0.3) is 0 Å². The molecule has 36 heavy (non-hydrogen) atoms. The zero-order valence-electron chi connectivity index (χ0n) is 24.8. The summed E-state index contributed by atoms with van der Waals surface area (Å²) in [7, 11) is -2.02. The highest BCUT2D eigenvalue weighted by Gasteiger charge is 2.75. The molecule has 2 aliphatic heterocycles. The summed E-state index contributed by atoms with van der Waals surface area (Å²) in [5, 5.41) is 11.0. The van der Waals surface area contributed by atoms with E-state index in [1.165, 1.54) is 0 Å². The first kappa shape index (κ1) is 27.6. The van der Waals surface area contributed by atoms with Gasteiger partial charge in [0.2, 0.25) is 0 Å². The normalized spacial score (nSPS) is 49.6. The van der Waals surface area contributed by atoms with Crippen molar-refractivity contribution in [1.82, 2.24) is 0 Å². The molecule has 3 aliphatic carbocycles. The van der Waals surface area contributed by atoms with Crippen molar-refractivity contribution in [3.8, 4) is 0 Å². The van der Waals surface area contributed by atoms with E-state index in [9.17, 15) is 5.11 Å². The fourth-order valence-electron chi connectivity index (χ4n) is 10.6. The smallest absolute Gasteiger partial charge is 0.200 e. The number of rotatable bonds is 6. The van der Waals surface area contributed by atoms with Gasteiger partial charge in [0.05, 0.1) is 24.4 Å². The number of hydrogen-bond donors (Lipinski definition) is 1. The van der Waals surface area contributed by atoms with Crippen molar-refractivity contribution >= 4 is 8.32 Å². The van der Waals surface area contributed by atoms with Gasteiger partial charge in [-0.2, -0.15) is 0 Å². The molecule has 0 unspecified atom stereocenters. The van der Waals surface area contributed by atoms with Crippen LogP contribution in [0.4, 0.5) is 0 Å². The molecule has 0 aromatic rings. The summed E-state index contributed by atoms with van der Waals surface area (Å²) in [6.07, 6.45) is 3.28. The standard InChI is InChI=1S/C30H54O5Si/c1-16(2)36(17(3)4,18(5)6)32-15-30-13-12-21-20(8)22(31)24-27(33-24)29(21,11)26(30)25-23(19(7)14-30)34-28(9,10)35-25/h16-27,31H,12-15H2,1-11H3/t19-,20+,21+,22-,23-,24+,25-,26-,27+,29+,30+/m1/s1. The second-order valence-corrected chi connectivity index (χ2v) is 20.5. The van der Waals surface area contributed by atoms with Gasteiger partial charge < -0.3 is 23.7 Å². The third-order valence-corrected chi connectivity index (χ3v) is 17.9. The van der Waals surface area contributed by atoms with Gasteiger partial charge in [0, 0.05) is 17.9 Å². The van der Waals surface area contributed by atoms with Crippen LogP contribution in [-0.2, 0) is 18.6 Å². The second kappa shape index (κ2) is 8.76. The lowest BCUT2D eigenvalue weighted by Gasteiger charge is -2.65. The SMILES string of the molecule is CC(C)[Si](OC[C@@]12CC[C@H]3[C@H](C)[C@@H](O)[C@@H]4O[C@@H]4[C@]3(C)[C@H]1[C@@H]1OC(C)(C)O[C@@H]1[C@H](C)C2)(C(C)C)C(C)C. The third kappa shape index (κ3) is 3.71. The molecule has 5 fully saturated rings. The highest BCUT2D eigenvalue weighted by Crippen LogP contribution is 2.71. The minimum absolute atomic E-state index is 0.0263. The van der Waals surface area contributed by atoms with E-state index in [0.717, 1.165) is 25.9 Å². The van der Waals surface area contributed by atoms with Crippen LogP contribution >= 0.6 is 0 Å². The zero-order chi connectivity index (χ0) is 26.6. The Balaban J connectivity index is 1.58. The first-order valence-electron chi connectivity index (χ1n) is 15.0. The molecule has 3 saturated carbocycles. The third-order valence-electron chi connectivity index (χ3n) is 11.8. The first-order valence-corrected chi connectivity index (χ1v) is 17.1. The van der Waals surface area contributed by atoms with Crippen LogP contribution in [0.3, 0.4) is 0 Å². The molecule has 5 rings (SSSR count). The van der Waals surface area contributed by atoms with E-state index in [1.807, 2.05) is 0 Å². The zero-order valence-corrected chi connectivity index (χ0v) is 25.8. The molecular formula is C30H54O5Si. The van der Waals surface area contributed by atoms with Gasteiger partial charge in [-0.3, -0.25) is 0 Å². The molecule has 2 saturated heterocycles. The second-order valence-electron chi connectivity index (χ2n) is 15.1. The molecule has 5 nitrogen and oxygen atoms in total. The van der Waals surface area contributed by atoms with Crippen molar-refractivity contribution in [2.75, 3.05) is 6.61 Å². The van der Waals surface area contributed by atoms with Crippen LogP contribution in [0, 0.1) is 34.5 Å². The summed E-state index contributed by atoms with van der Waals surface area (Å²) in [4.78, 5) is 0. The largest absolute Gasteiger partial charge is 0.415 e. The van der Waals surface area contributed by atoms with E-state index in [4.69, 9.17) is 18.6 Å². The van der Waals surface area contributed by atoms with Gasteiger partial charge in [-0.25, -0.2) is 0 Å². The summed E-state index contributed by atoms with van der Waals surface area (Å²) < 4.78 is 27.2. The number of hydrogen-bond acceptors (Lipinski definition) is 5. The summed E-state index contributed by atoms with van der Waals surface area (Å²) >= 11 is 0. The highest BCUT2D eigenvalue weighted by molar-refractivity contribution is 6.77. The molecule has 0 amide bonds. The Morgan fingerprint density at radius 2 is 1.50 bits per heavy atom. The van der Waals surface area contributed by atoms with Crippen LogP contribution in [0.25, 0.3) is 0 Å². The highest BCUT2D eigenvalue weighted by atomic mass is 28.4. The Kier molecular flexibility index (Phi) is 6.71. The Morgan fingerprint density at radius 1 is 0.917 bits per heavy atom. The molecule has 0 aromatic heterocycles. The summed E-state index contributed by atoms with van der Waals surface area (Å²) in [5.41, 5.74) is 1.71. The maximum Gasteiger partial charge on any atom is 0.200 e. The van der Waals surface area contributed by atoms with E-state index in [0.29, 0.717) is 34.4 Å². The number of aliphatic hydroxyl groups is 1. The molecular weight excluding hydrogens is 468 g/mol. The predicted octanol–water partition coefficient (Wildman–Crippen LogP) is 6.54. The lowest BCUT2D eigenvalue weighted by Crippen LogP contribution is -2.67. The van der Waals surface area contributed by atoms with Crippen molar-refractivity contribution in [3.63, 3.8) is 0 Å². The molecule has 11 atom stereocenters. The Hall–Kier alpha value is 0.0169. The maximum absolute atomic E-state index is 11.0. The summed E-state index contributed by atoms with van der Waals surface area (Å²) in [5.74, 6) is 0.821. The minimum Gasteiger partial charge on any atom is -0.415 e. The van der Waals surface area contributed by atoms with Crippen molar-refractivity contribution in [2.24, 2.45) is 34.5 Å². The van der Waals surface area contributed by atoms with Gasteiger partial charge in [-0.1, -0.05) is 62.3 Å². The van der Waals surface area contributed by atoms with E-state index in [-0.39, 0.29) is 47.3 Å². The first-order chi connectivity index (χ1) is 16.6. The predicted molar refractivity (Wildman–Crippen MR) is 145 cm³/mol. The molecule has 0 aromatic carbocycles. The van der Waals surface area contributed by atoms with E-state index in [2.05, 4.69) is 76.2 Å². The Bertz CT molecular complexity index is 821. The van der Waals surface area contributed by atoms with Gasteiger partial charge in [0.1, 0.15) is 6.10 Å². The molecule has 2 heterocycles.